The summed E-state index contributed by atoms with van der Waals surface area (Å²) in [6, 6.07) is 7.88. The van der Waals surface area contributed by atoms with Crippen molar-refractivity contribution >= 4 is 16.6 Å². The van der Waals surface area contributed by atoms with E-state index in [2.05, 4.69) is 72.2 Å². The molecule has 6 rings (SSSR count). The van der Waals surface area contributed by atoms with Gasteiger partial charge in [-0.3, -0.25) is 4.40 Å². The van der Waals surface area contributed by atoms with Crippen LogP contribution in [0.15, 0.2) is 30.7 Å². The Kier molecular flexibility index (Phi) is 5.89. The number of likely N-dealkylation sites (tertiary alicyclic amines) is 1. The van der Waals surface area contributed by atoms with Gasteiger partial charge in [0.1, 0.15) is 6.33 Å². The van der Waals surface area contributed by atoms with Crippen LogP contribution in [0.1, 0.15) is 73.6 Å². The molecule has 5 heterocycles. The van der Waals surface area contributed by atoms with Crippen LogP contribution in [-0.4, -0.2) is 56.8 Å². The van der Waals surface area contributed by atoms with Crippen molar-refractivity contribution < 1.29 is 4.74 Å². The van der Waals surface area contributed by atoms with Crippen molar-refractivity contribution in [3.63, 3.8) is 0 Å². The number of hydrogen-bond acceptors (Lipinski definition) is 4. The third-order valence-corrected chi connectivity index (χ3v) is 8.56. The summed E-state index contributed by atoms with van der Waals surface area (Å²) in [5.41, 5.74) is 10.00. The van der Waals surface area contributed by atoms with Gasteiger partial charge in [-0.1, -0.05) is 19.9 Å². The number of aryl methyl sites for hydroxylation is 1. The molecule has 0 aliphatic carbocycles. The van der Waals surface area contributed by atoms with E-state index in [0.29, 0.717) is 11.8 Å². The van der Waals surface area contributed by atoms with Crippen LogP contribution in [0.25, 0.3) is 27.8 Å². The van der Waals surface area contributed by atoms with Crippen LogP contribution in [0.2, 0.25) is 0 Å². The minimum Gasteiger partial charge on any atom is -0.381 e. The smallest absolute Gasteiger partial charge is 0.163 e. The fourth-order valence-corrected chi connectivity index (χ4v) is 6.41. The molecule has 0 saturated carbocycles. The number of nitrogens with zero attached hydrogens (tertiary/aromatic N) is 4. The predicted octanol–water partition coefficient (Wildman–Crippen LogP) is 5.98. The topological polar surface area (TPSA) is 58.5 Å². The van der Waals surface area contributed by atoms with Gasteiger partial charge in [0, 0.05) is 41.9 Å². The van der Waals surface area contributed by atoms with Gasteiger partial charge in [-0.05, 0) is 98.8 Å². The summed E-state index contributed by atoms with van der Waals surface area (Å²) in [5.74, 6) is 1.06. The summed E-state index contributed by atoms with van der Waals surface area (Å²) in [5, 5.41) is 9.81. The zero-order chi connectivity index (χ0) is 24.1. The van der Waals surface area contributed by atoms with Gasteiger partial charge < -0.3 is 14.6 Å². The van der Waals surface area contributed by atoms with E-state index in [-0.39, 0.29) is 0 Å². The first-order chi connectivity index (χ1) is 17.0. The largest absolute Gasteiger partial charge is 0.381 e. The highest BCUT2D eigenvalue weighted by Crippen LogP contribution is 2.40. The van der Waals surface area contributed by atoms with Gasteiger partial charge >= 0.3 is 0 Å². The Balaban J connectivity index is 1.34. The second kappa shape index (κ2) is 9.07. The molecule has 35 heavy (non-hydrogen) atoms. The average molecular weight is 472 g/mol. The molecule has 0 spiro atoms. The Labute approximate surface area is 207 Å². The summed E-state index contributed by atoms with van der Waals surface area (Å²) in [4.78, 5) is 6.51. The molecule has 2 aliphatic heterocycles. The third-order valence-electron chi connectivity index (χ3n) is 8.56. The number of ether oxygens (including phenoxy) is 1. The highest BCUT2D eigenvalue weighted by molar-refractivity contribution is 5.92. The zero-order valence-electron chi connectivity index (χ0n) is 21.5. The van der Waals surface area contributed by atoms with E-state index in [4.69, 9.17) is 4.74 Å². The van der Waals surface area contributed by atoms with Gasteiger partial charge in [0.2, 0.25) is 0 Å². The lowest BCUT2D eigenvalue weighted by molar-refractivity contribution is 0.0252. The van der Waals surface area contributed by atoms with Crippen LogP contribution < -0.4 is 0 Å². The number of pyridine rings is 1. The summed E-state index contributed by atoms with van der Waals surface area (Å²) >= 11 is 0. The van der Waals surface area contributed by atoms with Gasteiger partial charge in [-0.25, -0.2) is 0 Å². The average Bonchev–Trinajstić information content (AvgIpc) is 3.51. The molecule has 0 bridgehead atoms. The highest BCUT2D eigenvalue weighted by atomic mass is 16.5. The van der Waals surface area contributed by atoms with E-state index in [9.17, 15) is 0 Å². The summed E-state index contributed by atoms with van der Waals surface area (Å²) in [6.07, 6.45) is 8.87. The van der Waals surface area contributed by atoms with Gasteiger partial charge in [0.25, 0.3) is 0 Å². The van der Waals surface area contributed by atoms with E-state index in [1.54, 1.807) is 6.33 Å². The first-order valence-electron chi connectivity index (χ1n) is 13.3. The van der Waals surface area contributed by atoms with Gasteiger partial charge in [-0.2, -0.15) is 0 Å². The van der Waals surface area contributed by atoms with E-state index in [0.717, 1.165) is 24.9 Å². The van der Waals surface area contributed by atoms with Gasteiger partial charge in [0.05, 0.1) is 5.69 Å². The minimum atomic E-state index is 0.417. The van der Waals surface area contributed by atoms with E-state index >= 15 is 0 Å². The molecule has 6 nitrogen and oxygen atoms in total. The molecule has 1 aromatic carbocycles. The summed E-state index contributed by atoms with van der Waals surface area (Å²) in [7, 11) is 0. The second-order valence-electron chi connectivity index (χ2n) is 10.9. The molecule has 4 aromatic rings. The number of rotatable bonds is 4. The molecule has 2 saturated heterocycles. The van der Waals surface area contributed by atoms with Gasteiger partial charge in [-0.15, -0.1) is 10.2 Å². The number of aromatic nitrogens is 4. The molecular formula is C29H37N5O. The van der Waals surface area contributed by atoms with Crippen LogP contribution in [0.5, 0.6) is 0 Å². The Morgan fingerprint density at radius 1 is 1.03 bits per heavy atom. The number of aromatic amines is 1. The van der Waals surface area contributed by atoms with Crippen LogP contribution in [0, 0.1) is 13.8 Å². The Morgan fingerprint density at radius 3 is 2.54 bits per heavy atom. The lowest BCUT2D eigenvalue weighted by Gasteiger charge is -2.39. The molecular weight excluding hydrogens is 434 g/mol. The lowest BCUT2D eigenvalue weighted by Crippen LogP contribution is -2.43. The van der Waals surface area contributed by atoms with Crippen molar-refractivity contribution in [3.05, 3.63) is 53.0 Å². The molecule has 6 heteroatoms. The lowest BCUT2D eigenvalue weighted by atomic mass is 9.86. The molecule has 0 amide bonds. The number of hydrogen-bond donors (Lipinski definition) is 1. The molecule has 184 valence electrons. The Morgan fingerprint density at radius 2 is 1.80 bits per heavy atom. The van der Waals surface area contributed by atoms with Crippen LogP contribution in [0.4, 0.5) is 0 Å². The molecule has 2 fully saturated rings. The van der Waals surface area contributed by atoms with E-state index in [1.165, 1.54) is 83.2 Å². The molecule has 0 unspecified atom stereocenters. The van der Waals surface area contributed by atoms with Crippen molar-refractivity contribution in [1.82, 2.24) is 24.5 Å². The monoisotopic (exact) mass is 471 g/mol. The second-order valence-corrected chi connectivity index (χ2v) is 10.9. The van der Waals surface area contributed by atoms with Gasteiger partial charge in [0.15, 0.2) is 5.65 Å². The standard InChI is InChI=1S/C29H37N5O/c1-18(2)27-24-15-22(21-7-11-33(12-8-21)23-9-13-35-14-10-23)5-6-26(24)31-28(27)25-16-34-17-30-32-29(34)20(4)19(25)3/h5-6,15-18,21,23,31H,7-14H2,1-4H3. The normalized spacial score (nSPS) is 18.9. The quantitative estimate of drug-likeness (QED) is 0.398. The molecule has 3 aromatic heterocycles. The number of nitrogens with one attached hydrogen (secondary N) is 1. The third kappa shape index (κ3) is 3.97. The first-order valence-corrected chi connectivity index (χ1v) is 13.3. The zero-order valence-corrected chi connectivity index (χ0v) is 21.5. The maximum absolute atomic E-state index is 5.58. The first kappa shape index (κ1) is 22.7. The van der Waals surface area contributed by atoms with Crippen LogP contribution >= 0.6 is 0 Å². The Bertz CT molecular complexity index is 1350. The summed E-state index contributed by atoms with van der Waals surface area (Å²) < 4.78 is 7.63. The fraction of sp³-hybridized carbons (Fsp3) is 0.517. The van der Waals surface area contributed by atoms with E-state index in [1.807, 2.05) is 4.40 Å². The van der Waals surface area contributed by atoms with Crippen molar-refractivity contribution in [2.45, 2.75) is 71.3 Å². The van der Waals surface area contributed by atoms with Crippen molar-refractivity contribution in [1.29, 1.82) is 0 Å². The molecule has 1 N–H and O–H groups in total. The fourth-order valence-electron chi connectivity index (χ4n) is 6.41. The number of H-pyrrole nitrogens is 1. The molecule has 0 radical (unpaired) electrons. The predicted molar refractivity (Wildman–Crippen MR) is 141 cm³/mol. The summed E-state index contributed by atoms with van der Waals surface area (Å²) in [6.45, 7) is 13.2. The number of benzene rings is 1. The van der Waals surface area contributed by atoms with Crippen molar-refractivity contribution in [2.24, 2.45) is 0 Å². The maximum Gasteiger partial charge on any atom is 0.163 e. The SMILES string of the molecule is Cc1c(-c2[nH]c3ccc(C4CCN(C5CCOCC5)CC4)cc3c2C(C)C)cn2cnnc2c1C. The number of piperidine rings is 1. The highest BCUT2D eigenvalue weighted by Gasteiger charge is 2.28. The molecule has 0 atom stereocenters. The van der Waals surface area contributed by atoms with Crippen molar-refractivity contribution in [3.8, 4) is 11.3 Å². The Hall–Kier alpha value is -2.70. The van der Waals surface area contributed by atoms with Crippen LogP contribution in [-0.2, 0) is 4.74 Å². The van der Waals surface area contributed by atoms with Crippen molar-refractivity contribution in [2.75, 3.05) is 26.3 Å². The maximum atomic E-state index is 5.58. The number of fused-ring (bicyclic) bond motifs is 2. The van der Waals surface area contributed by atoms with Crippen LogP contribution in [0.3, 0.4) is 0 Å². The molecule has 2 aliphatic rings. The minimum absolute atomic E-state index is 0.417. The van der Waals surface area contributed by atoms with E-state index < -0.39 is 0 Å².